The van der Waals surface area contributed by atoms with E-state index in [9.17, 15) is 14.2 Å². The summed E-state index contributed by atoms with van der Waals surface area (Å²) < 4.78 is 28.7. The fourth-order valence-electron chi connectivity index (χ4n) is 1.83. The van der Waals surface area contributed by atoms with Crippen molar-refractivity contribution in [3.8, 4) is 11.5 Å². The molecule has 0 spiro atoms. The van der Waals surface area contributed by atoms with E-state index in [1.807, 2.05) is 0 Å². The lowest BCUT2D eigenvalue weighted by Crippen LogP contribution is -2.30. The van der Waals surface area contributed by atoms with Gasteiger partial charge in [0.05, 0.1) is 0 Å². The van der Waals surface area contributed by atoms with Crippen LogP contribution in [0.25, 0.3) is 0 Å². The zero-order valence-electron chi connectivity index (χ0n) is 14.2. The van der Waals surface area contributed by atoms with Gasteiger partial charge in [-0.05, 0) is 43.9 Å². The Morgan fingerprint density at radius 1 is 0.760 bits per heavy atom. The summed E-state index contributed by atoms with van der Waals surface area (Å²) in [5.74, 6) is 0.332. The highest BCUT2D eigenvalue weighted by Gasteiger charge is 2.49. The number of benzene rings is 2. The molecule has 0 fully saturated rings. The van der Waals surface area contributed by atoms with Crippen LogP contribution in [0.5, 0.6) is 11.5 Å². The second-order valence-electron chi connectivity index (χ2n) is 6.12. The first-order valence-corrected chi connectivity index (χ1v) is 12.6. The summed E-state index contributed by atoms with van der Waals surface area (Å²) in [4.78, 5) is 24.9. The summed E-state index contributed by atoms with van der Waals surface area (Å²) in [6, 6.07) is 16.1. The molecule has 0 atom stereocenters. The molecule has 0 aromatic heterocycles. The van der Waals surface area contributed by atoms with Crippen LogP contribution in [0.2, 0.25) is 19.6 Å². The highest BCUT2D eigenvalue weighted by atomic mass is 31.2. The fourth-order valence-corrected chi connectivity index (χ4v) is 6.12. The van der Waals surface area contributed by atoms with Crippen molar-refractivity contribution < 1.29 is 27.8 Å². The van der Waals surface area contributed by atoms with Gasteiger partial charge in [-0.15, -0.1) is 0 Å². The predicted octanol–water partition coefficient (Wildman–Crippen LogP) is 5.51. The molecule has 0 amide bonds. The minimum atomic E-state index is -4.51. The molecule has 0 aliphatic rings. The van der Waals surface area contributed by atoms with Crippen LogP contribution >= 0.6 is 7.37 Å². The van der Waals surface area contributed by atoms with Crippen molar-refractivity contribution in [2.45, 2.75) is 19.6 Å². The Hall–Kier alpha value is -2.21. The molecule has 2 aromatic rings. The van der Waals surface area contributed by atoms with Crippen LogP contribution in [-0.4, -0.2) is 19.7 Å². The largest absolute Gasteiger partial charge is 0.419 e. The average molecular weight is 378 g/mol. The number of hydrogen-bond acceptors (Lipinski definition) is 6. The normalized spacial score (nSPS) is 11.6. The van der Waals surface area contributed by atoms with Gasteiger partial charge in [0.1, 0.15) is 11.5 Å². The van der Waals surface area contributed by atoms with Crippen LogP contribution in [-0.2, 0) is 8.78 Å². The Kier molecular flexibility index (Phi) is 5.95. The Balaban J connectivity index is 2.28. The predicted molar refractivity (Wildman–Crippen MR) is 97.0 cm³/mol. The summed E-state index contributed by atoms with van der Waals surface area (Å²) in [6.45, 7) is 5.14. The molecule has 0 aliphatic carbocycles. The van der Waals surface area contributed by atoms with Gasteiger partial charge >= 0.3 is 18.8 Å². The number of ether oxygens (including phenoxy) is 2. The topological polar surface area (TPSA) is 78.9 Å². The molecule has 0 aliphatic heterocycles. The lowest BCUT2D eigenvalue weighted by molar-refractivity contribution is 0.211. The molecule has 8 heteroatoms. The highest BCUT2D eigenvalue weighted by molar-refractivity contribution is 7.90. The van der Waals surface area contributed by atoms with Crippen LogP contribution < -0.4 is 9.47 Å². The Labute approximate surface area is 147 Å². The fraction of sp³-hybridized carbons (Fsp3) is 0.176. The van der Waals surface area contributed by atoms with Crippen molar-refractivity contribution in [3.63, 3.8) is 0 Å². The molecule has 2 aromatic carbocycles. The van der Waals surface area contributed by atoms with Gasteiger partial charge in [0.15, 0.2) is 8.32 Å². The minimum Gasteiger partial charge on any atom is -0.419 e. The monoisotopic (exact) mass is 378 g/mol. The lowest BCUT2D eigenvalue weighted by Gasteiger charge is -2.23. The summed E-state index contributed by atoms with van der Waals surface area (Å²) in [6.07, 6.45) is 0. The molecule has 0 saturated heterocycles. The van der Waals surface area contributed by atoms with Gasteiger partial charge in [0, 0.05) is 0 Å². The summed E-state index contributed by atoms with van der Waals surface area (Å²) >= 11 is 0. The first-order valence-electron chi connectivity index (χ1n) is 7.56. The molecule has 0 radical (unpaired) electrons. The smallest absolute Gasteiger partial charge is 0.407 e. The maximum absolute atomic E-state index is 13.1. The molecule has 0 unspecified atom stereocenters. The Morgan fingerprint density at radius 3 is 1.44 bits per heavy atom. The first kappa shape index (κ1) is 19.1. The standard InChI is InChI=1S/C17H19O6PSi/c1-25(2,3)23-24(20,16(18)21-14-10-6-4-7-11-14)17(19)22-15-12-8-5-9-13-15/h4-13H,1-3H3. The van der Waals surface area contributed by atoms with E-state index in [2.05, 4.69) is 0 Å². The quantitative estimate of drug-likeness (QED) is 0.487. The summed E-state index contributed by atoms with van der Waals surface area (Å²) in [5.41, 5.74) is -2.50. The van der Waals surface area contributed by atoms with Gasteiger partial charge in [-0.25, -0.2) is 9.59 Å². The van der Waals surface area contributed by atoms with Crippen LogP contribution in [0, 0.1) is 0 Å². The van der Waals surface area contributed by atoms with Crippen molar-refractivity contribution >= 4 is 27.1 Å². The van der Waals surface area contributed by atoms with Crippen molar-refractivity contribution in [1.82, 2.24) is 0 Å². The third-order valence-corrected chi connectivity index (χ3v) is 7.14. The number of rotatable bonds is 6. The van der Waals surface area contributed by atoms with Gasteiger partial charge in [-0.3, -0.25) is 4.57 Å². The molecule has 0 heterocycles. The summed E-state index contributed by atoms with van der Waals surface area (Å²) in [5, 5.41) is 0. The highest BCUT2D eigenvalue weighted by Crippen LogP contribution is 2.53. The van der Waals surface area contributed by atoms with Gasteiger partial charge < -0.3 is 13.7 Å². The second-order valence-corrected chi connectivity index (χ2v) is 12.9. The zero-order valence-corrected chi connectivity index (χ0v) is 16.1. The zero-order chi connectivity index (χ0) is 18.5. The van der Waals surface area contributed by atoms with E-state index < -0.39 is 27.1 Å². The third kappa shape index (κ3) is 5.39. The third-order valence-electron chi connectivity index (χ3n) is 2.78. The van der Waals surface area contributed by atoms with Gasteiger partial charge in [0.25, 0.3) is 0 Å². The summed E-state index contributed by atoms with van der Waals surface area (Å²) in [7, 11) is -7.03. The van der Waals surface area contributed by atoms with E-state index in [1.165, 1.54) is 24.3 Å². The maximum Gasteiger partial charge on any atom is 0.407 e. The molecular formula is C17H19O6PSi. The van der Waals surface area contributed by atoms with Crippen molar-refractivity contribution in [1.29, 1.82) is 0 Å². The van der Waals surface area contributed by atoms with Crippen LogP contribution in [0.15, 0.2) is 60.7 Å². The Morgan fingerprint density at radius 2 is 1.12 bits per heavy atom. The molecule has 0 bridgehead atoms. The van der Waals surface area contributed by atoms with Crippen LogP contribution in [0.3, 0.4) is 0 Å². The van der Waals surface area contributed by atoms with E-state index in [4.69, 9.17) is 13.7 Å². The molecule has 0 saturated carbocycles. The average Bonchev–Trinajstić information content (AvgIpc) is 2.55. The maximum atomic E-state index is 13.1. The van der Waals surface area contributed by atoms with E-state index in [0.29, 0.717) is 0 Å². The van der Waals surface area contributed by atoms with Gasteiger partial charge in [-0.2, -0.15) is 0 Å². The molecule has 6 nitrogen and oxygen atoms in total. The van der Waals surface area contributed by atoms with E-state index in [0.717, 1.165) is 0 Å². The van der Waals surface area contributed by atoms with Crippen LogP contribution in [0.4, 0.5) is 9.59 Å². The number of carbonyl (C=O) groups is 2. The Bertz CT molecular complexity index is 728. The molecule has 132 valence electrons. The molecular weight excluding hydrogens is 359 g/mol. The number of para-hydroxylation sites is 2. The van der Waals surface area contributed by atoms with Gasteiger partial charge in [-0.1, -0.05) is 36.4 Å². The molecule has 25 heavy (non-hydrogen) atoms. The van der Waals surface area contributed by atoms with E-state index in [-0.39, 0.29) is 11.5 Å². The first-order chi connectivity index (χ1) is 11.7. The van der Waals surface area contributed by atoms with Gasteiger partial charge in [0.2, 0.25) is 0 Å². The van der Waals surface area contributed by atoms with E-state index in [1.54, 1.807) is 56.0 Å². The number of hydrogen-bond donors (Lipinski definition) is 0. The number of carbonyl (C=O) groups excluding carboxylic acids is 2. The second kappa shape index (κ2) is 7.78. The minimum absolute atomic E-state index is 0.166. The van der Waals surface area contributed by atoms with Crippen molar-refractivity contribution in [2.24, 2.45) is 0 Å². The lowest BCUT2D eigenvalue weighted by atomic mass is 10.3. The van der Waals surface area contributed by atoms with Crippen molar-refractivity contribution in [3.05, 3.63) is 60.7 Å². The SMILES string of the molecule is C[Si](C)(C)OP(=O)(C(=O)Oc1ccccc1)C(=O)Oc1ccccc1. The molecule has 0 N–H and O–H groups in total. The van der Waals surface area contributed by atoms with Crippen molar-refractivity contribution in [2.75, 3.05) is 0 Å². The molecule has 2 rings (SSSR count). The van der Waals surface area contributed by atoms with Crippen LogP contribution in [0.1, 0.15) is 0 Å². The van der Waals surface area contributed by atoms with E-state index >= 15 is 0 Å².